The molecule has 15 nitrogen and oxygen atoms in total. The highest BCUT2D eigenvalue weighted by molar-refractivity contribution is 6.06. The zero-order valence-corrected chi connectivity index (χ0v) is 44.1. The number of carbonyl (C=O) groups excluding carboxylic acids is 10. The van der Waals surface area contributed by atoms with Crippen LogP contribution in [-0.2, 0) is 43.2 Å². The van der Waals surface area contributed by atoms with Gasteiger partial charge >= 0.3 is 0 Å². The van der Waals surface area contributed by atoms with Gasteiger partial charge in [0.2, 0.25) is 53.2 Å². The maximum atomic E-state index is 11.9. The average molecular weight is 916 g/mol. The van der Waals surface area contributed by atoms with Gasteiger partial charge in [-0.05, 0) is 52.7 Å². The second kappa shape index (κ2) is 27.4. The van der Waals surface area contributed by atoms with Crippen LogP contribution in [0, 0.1) is 27.6 Å². The summed E-state index contributed by atoms with van der Waals surface area (Å²) in [6, 6.07) is 8.69. The molecule has 15 heteroatoms. The standard InChI is InChI=1S/C12H21NO2.C12H15NO2.C10H19NO2.2C8H15NO2/c1-12(2,3)11(15)13(4)10(14)9-7-5-6-8-9;1-12(2,3)11(15)13-10(14)9-7-5-4-6-8-9;1-6-8(12)11(7-2)9(13)10(3,4)5;1-6(10)9(5)7(11)8(2,3)4;1-6(10)9(7(2)11)8(3,4)5/h9H,5-8H2,1-4H3;4-8H,1-3H3,(H,13,14,15);6-7H2,1-5H3;2*1-5H3. The van der Waals surface area contributed by atoms with Gasteiger partial charge in [0, 0.05) is 86.5 Å². The number of nitrogens with zero attached hydrogens (tertiary/aromatic N) is 4. The zero-order chi connectivity index (χ0) is 52.2. The number of carbonyl (C=O) groups is 10. The summed E-state index contributed by atoms with van der Waals surface area (Å²) in [4.78, 5) is 119. The Kier molecular flexibility index (Phi) is 27.1. The van der Waals surface area contributed by atoms with Crippen molar-refractivity contribution < 1.29 is 47.9 Å². The predicted octanol–water partition coefficient (Wildman–Crippen LogP) is 8.23. The van der Waals surface area contributed by atoms with Gasteiger partial charge in [0.25, 0.3) is 5.91 Å². The fourth-order valence-corrected chi connectivity index (χ4v) is 5.84. The quantitative estimate of drug-likeness (QED) is 0.307. The first-order valence-corrected chi connectivity index (χ1v) is 22.3. The van der Waals surface area contributed by atoms with Crippen LogP contribution in [0.1, 0.15) is 181 Å². The Labute approximate surface area is 391 Å². The number of hydrogen-bond acceptors (Lipinski definition) is 10. The molecule has 0 spiro atoms. The molecule has 1 aromatic rings. The van der Waals surface area contributed by atoms with Crippen molar-refractivity contribution in [3.8, 4) is 0 Å². The van der Waals surface area contributed by atoms with E-state index in [0.29, 0.717) is 18.5 Å². The van der Waals surface area contributed by atoms with Crippen LogP contribution in [0.2, 0.25) is 0 Å². The molecule has 1 aliphatic rings. The van der Waals surface area contributed by atoms with Crippen molar-refractivity contribution in [3.63, 3.8) is 0 Å². The van der Waals surface area contributed by atoms with E-state index in [0.717, 1.165) is 30.6 Å². The van der Waals surface area contributed by atoms with Crippen molar-refractivity contribution in [2.24, 2.45) is 27.6 Å². The number of nitrogens with one attached hydrogen (secondary N) is 1. The molecule has 0 aliphatic heterocycles. The fraction of sp³-hybridized carbons (Fsp3) is 0.680. The van der Waals surface area contributed by atoms with Gasteiger partial charge < -0.3 is 0 Å². The predicted molar refractivity (Wildman–Crippen MR) is 256 cm³/mol. The van der Waals surface area contributed by atoms with Crippen molar-refractivity contribution in [2.45, 2.75) is 176 Å². The highest BCUT2D eigenvalue weighted by Crippen LogP contribution is 2.28. The van der Waals surface area contributed by atoms with Crippen LogP contribution in [0.3, 0.4) is 0 Å². The molecule has 2 rings (SSSR count). The highest BCUT2D eigenvalue weighted by atomic mass is 16.2. The van der Waals surface area contributed by atoms with Crippen LogP contribution < -0.4 is 5.32 Å². The first-order chi connectivity index (χ1) is 29.1. The third-order valence-corrected chi connectivity index (χ3v) is 9.45. The largest absolute Gasteiger partial charge is 0.292 e. The summed E-state index contributed by atoms with van der Waals surface area (Å²) >= 11 is 0. The molecule has 1 fully saturated rings. The lowest BCUT2D eigenvalue weighted by Crippen LogP contribution is -2.47. The van der Waals surface area contributed by atoms with Crippen LogP contribution in [0.5, 0.6) is 0 Å². The summed E-state index contributed by atoms with van der Waals surface area (Å²) in [5.74, 6) is -1.57. The fourth-order valence-electron chi connectivity index (χ4n) is 5.84. The number of imide groups is 5. The van der Waals surface area contributed by atoms with Crippen LogP contribution in [0.15, 0.2) is 30.3 Å². The van der Waals surface area contributed by atoms with Crippen LogP contribution in [-0.4, -0.2) is 105 Å². The molecule has 1 saturated carbocycles. The molecule has 0 radical (unpaired) electrons. The molecule has 1 aromatic carbocycles. The minimum Gasteiger partial charge on any atom is -0.292 e. The normalized spacial score (nSPS) is 12.6. The Morgan fingerprint density at radius 1 is 0.554 bits per heavy atom. The Morgan fingerprint density at radius 3 is 1.20 bits per heavy atom. The van der Waals surface area contributed by atoms with Gasteiger partial charge in [0.15, 0.2) is 0 Å². The van der Waals surface area contributed by atoms with Gasteiger partial charge in [0.05, 0.1) is 0 Å². The zero-order valence-electron chi connectivity index (χ0n) is 44.1. The average Bonchev–Trinajstić information content (AvgIpc) is 3.71. The third kappa shape index (κ3) is 24.7. The maximum Gasteiger partial charge on any atom is 0.257 e. The van der Waals surface area contributed by atoms with E-state index in [1.807, 2.05) is 75.3 Å². The smallest absolute Gasteiger partial charge is 0.257 e. The van der Waals surface area contributed by atoms with Gasteiger partial charge in [-0.3, -0.25) is 72.9 Å². The Balaban J connectivity index is -0.000000745. The molecule has 0 saturated heterocycles. The molecule has 65 heavy (non-hydrogen) atoms. The Morgan fingerprint density at radius 2 is 0.938 bits per heavy atom. The molecule has 370 valence electrons. The van der Waals surface area contributed by atoms with Crippen LogP contribution >= 0.6 is 0 Å². The maximum absolute atomic E-state index is 11.9. The summed E-state index contributed by atoms with van der Waals surface area (Å²) in [5, 5.41) is 2.36. The summed E-state index contributed by atoms with van der Waals surface area (Å²) in [6.45, 7) is 35.3. The summed E-state index contributed by atoms with van der Waals surface area (Å²) in [6.07, 6.45) is 4.51. The van der Waals surface area contributed by atoms with Gasteiger partial charge in [-0.25, -0.2) is 0 Å². The lowest BCUT2D eigenvalue weighted by molar-refractivity contribution is -0.151. The lowest BCUT2D eigenvalue weighted by atomic mass is 9.94. The molecule has 1 aliphatic carbocycles. The number of rotatable bonds is 4. The van der Waals surface area contributed by atoms with E-state index in [2.05, 4.69) is 5.32 Å². The minimum absolute atomic E-state index is 0.00688. The molecular weight excluding hydrogens is 831 g/mol. The second-order valence-electron chi connectivity index (χ2n) is 21.1. The molecule has 0 aromatic heterocycles. The van der Waals surface area contributed by atoms with Crippen molar-refractivity contribution >= 4 is 59.1 Å². The van der Waals surface area contributed by atoms with Crippen LogP contribution in [0.4, 0.5) is 0 Å². The molecule has 10 amide bonds. The summed E-state index contributed by atoms with van der Waals surface area (Å²) in [5.41, 5.74) is -1.87. The van der Waals surface area contributed by atoms with Gasteiger partial charge in [-0.15, -0.1) is 0 Å². The monoisotopic (exact) mass is 916 g/mol. The Bertz CT molecular complexity index is 1770. The molecular formula is C50H85N5O10. The topological polar surface area (TPSA) is 196 Å². The highest BCUT2D eigenvalue weighted by Gasteiger charge is 2.34. The van der Waals surface area contributed by atoms with E-state index in [9.17, 15) is 47.9 Å². The van der Waals surface area contributed by atoms with Crippen molar-refractivity contribution in [1.82, 2.24) is 24.9 Å². The van der Waals surface area contributed by atoms with E-state index in [4.69, 9.17) is 0 Å². The first-order valence-electron chi connectivity index (χ1n) is 22.3. The molecule has 0 unspecified atom stereocenters. The molecule has 0 atom stereocenters. The minimum atomic E-state index is -0.551. The summed E-state index contributed by atoms with van der Waals surface area (Å²) < 4.78 is 0. The Hall–Kier alpha value is -5.08. The van der Waals surface area contributed by atoms with E-state index in [-0.39, 0.29) is 65.0 Å². The van der Waals surface area contributed by atoms with Crippen molar-refractivity contribution in [3.05, 3.63) is 35.9 Å². The van der Waals surface area contributed by atoms with Crippen molar-refractivity contribution in [2.75, 3.05) is 20.6 Å². The molecule has 0 bridgehead atoms. The molecule has 0 heterocycles. The third-order valence-electron chi connectivity index (χ3n) is 9.45. The lowest BCUT2D eigenvalue weighted by Gasteiger charge is -2.31. The first kappa shape index (κ1) is 64.2. The van der Waals surface area contributed by atoms with Gasteiger partial charge in [0.1, 0.15) is 0 Å². The number of benzene rings is 1. The van der Waals surface area contributed by atoms with Gasteiger partial charge in [-0.1, -0.05) is 121 Å². The number of amides is 10. The van der Waals surface area contributed by atoms with E-state index in [1.54, 1.807) is 79.8 Å². The van der Waals surface area contributed by atoms with E-state index in [1.165, 1.54) is 42.5 Å². The molecule has 1 N–H and O–H groups in total. The second-order valence-corrected chi connectivity index (χ2v) is 21.1. The van der Waals surface area contributed by atoms with E-state index < -0.39 is 27.2 Å². The SMILES string of the molecule is CC(=O)N(C(C)=O)C(C)(C)C.CC(=O)N(C)C(=O)C(C)(C)C.CC(C)(C)C(=O)NC(=O)c1ccccc1.CCC(=O)N(CC)C(=O)C(C)(C)C.CN(C(=O)C1CCCC1)C(=O)C(C)(C)C. The summed E-state index contributed by atoms with van der Waals surface area (Å²) in [7, 11) is 3.10. The number of hydrogen-bond donors (Lipinski definition) is 1. The van der Waals surface area contributed by atoms with Crippen LogP contribution in [0.25, 0.3) is 0 Å². The van der Waals surface area contributed by atoms with Crippen molar-refractivity contribution in [1.29, 1.82) is 0 Å². The van der Waals surface area contributed by atoms with E-state index >= 15 is 0 Å². The van der Waals surface area contributed by atoms with Gasteiger partial charge in [-0.2, -0.15) is 0 Å².